The first-order valence-corrected chi connectivity index (χ1v) is 8.22. The van der Waals surface area contributed by atoms with Crippen molar-refractivity contribution >= 4 is 11.6 Å². The van der Waals surface area contributed by atoms with Crippen molar-refractivity contribution in [1.82, 2.24) is 19.8 Å². The van der Waals surface area contributed by atoms with Crippen LogP contribution < -0.4 is 4.90 Å². The van der Waals surface area contributed by atoms with Crippen LogP contribution in [-0.2, 0) is 14.3 Å². The molecule has 1 amide bonds. The Hall–Kier alpha value is -1.77. The Bertz CT molecular complexity index is 556. The first-order valence-electron chi connectivity index (χ1n) is 8.22. The first kappa shape index (κ1) is 17.1. The standard InChI is InChI=1S/C16H25N5O3/c1-19(2)9-15(22)21-4-6-24-16(11-21)10-20(3-5-23-12-16)14-7-17-13-18-8-14/h7-8,13H,3-6,9-12H2,1-2H3. The number of amides is 1. The predicted molar refractivity (Wildman–Crippen MR) is 88.9 cm³/mol. The number of likely N-dealkylation sites (N-methyl/N-ethyl adjacent to an activating group) is 1. The van der Waals surface area contributed by atoms with Crippen molar-refractivity contribution in [3.05, 3.63) is 18.7 Å². The summed E-state index contributed by atoms with van der Waals surface area (Å²) in [6, 6.07) is 0. The minimum atomic E-state index is -0.507. The van der Waals surface area contributed by atoms with Crippen molar-refractivity contribution in [2.24, 2.45) is 0 Å². The molecule has 2 fully saturated rings. The van der Waals surface area contributed by atoms with Gasteiger partial charge in [0.1, 0.15) is 11.9 Å². The fraction of sp³-hybridized carbons (Fsp3) is 0.688. The number of aromatic nitrogens is 2. The van der Waals surface area contributed by atoms with Crippen molar-refractivity contribution in [2.45, 2.75) is 5.60 Å². The fourth-order valence-corrected chi connectivity index (χ4v) is 3.19. The van der Waals surface area contributed by atoms with Crippen LogP contribution in [0.2, 0.25) is 0 Å². The van der Waals surface area contributed by atoms with Gasteiger partial charge in [-0.2, -0.15) is 0 Å². The number of anilines is 1. The summed E-state index contributed by atoms with van der Waals surface area (Å²) in [5, 5.41) is 0. The van der Waals surface area contributed by atoms with E-state index in [-0.39, 0.29) is 5.91 Å². The number of carbonyl (C=O) groups excluding carboxylic acids is 1. The van der Waals surface area contributed by atoms with Crippen LogP contribution in [0.15, 0.2) is 18.7 Å². The Balaban J connectivity index is 1.73. The van der Waals surface area contributed by atoms with Crippen molar-refractivity contribution in [2.75, 3.05) is 71.5 Å². The quantitative estimate of drug-likeness (QED) is 0.735. The van der Waals surface area contributed by atoms with E-state index in [0.29, 0.717) is 46.0 Å². The van der Waals surface area contributed by atoms with E-state index in [1.54, 1.807) is 12.4 Å². The Morgan fingerprint density at radius 3 is 2.79 bits per heavy atom. The van der Waals surface area contributed by atoms with E-state index in [0.717, 1.165) is 12.2 Å². The molecule has 0 N–H and O–H groups in total. The van der Waals surface area contributed by atoms with Gasteiger partial charge in [0.2, 0.25) is 5.91 Å². The topological polar surface area (TPSA) is 71.0 Å². The van der Waals surface area contributed by atoms with Gasteiger partial charge in [0.25, 0.3) is 0 Å². The van der Waals surface area contributed by atoms with Gasteiger partial charge in [-0.3, -0.25) is 4.79 Å². The molecule has 0 bridgehead atoms. The fourth-order valence-electron chi connectivity index (χ4n) is 3.19. The van der Waals surface area contributed by atoms with E-state index in [1.165, 1.54) is 6.33 Å². The Kier molecular flexibility index (Phi) is 5.27. The number of hydrogen-bond donors (Lipinski definition) is 0. The highest BCUT2D eigenvalue weighted by atomic mass is 16.5. The summed E-state index contributed by atoms with van der Waals surface area (Å²) >= 11 is 0. The maximum absolute atomic E-state index is 12.4. The number of carbonyl (C=O) groups is 1. The highest BCUT2D eigenvalue weighted by molar-refractivity contribution is 5.78. The average Bonchev–Trinajstić information content (AvgIpc) is 2.78. The Morgan fingerprint density at radius 2 is 2.04 bits per heavy atom. The van der Waals surface area contributed by atoms with Crippen LogP contribution >= 0.6 is 0 Å². The van der Waals surface area contributed by atoms with Crippen molar-refractivity contribution in [1.29, 1.82) is 0 Å². The molecule has 1 atom stereocenters. The molecule has 0 saturated carbocycles. The van der Waals surface area contributed by atoms with Gasteiger partial charge in [-0.15, -0.1) is 0 Å². The molecule has 2 aliphatic rings. The lowest BCUT2D eigenvalue weighted by molar-refractivity contribution is -0.158. The molecule has 0 aliphatic carbocycles. The molecule has 24 heavy (non-hydrogen) atoms. The van der Waals surface area contributed by atoms with E-state index in [4.69, 9.17) is 9.47 Å². The van der Waals surface area contributed by atoms with E-state index < -0.39 is 5.60 Å². The van der Waals surface area contributed by atoms with E-state index in [1.807, 2.05) is 23.9 Å². The normalized spacial score (nSPS) is 25.1. The van der Waals surface area contributed by atoms with Crippen LogP contribution in [0.4, 0.5) is 5.69 Å². The van der Waals surface area contributed by atoms with Crippen LogP contribution in [0, 0.1) is 0 Å². The minimum absolute atomic E-state index is 0.126. The molecular weight excluding hydrogens is 310 g/mol. The zero-order valence-electron chi connectivity index (χ0n) is 14.3. The Labute approximate surface area is 142 Å². The van der Waals surface area contributed by atoms with Gasteiger partial charge >= 0.3 is 0 Å². The summed E-state index contributed by atoms with van der Waals surface area (Å²) in [6.07, 6.45) is 5.11. The smallest absolute Gasteiger partial charge is 0.236 e. The summed E-state index contributed by atoms with van der Waals surface area (Å²) in [5.41, 5.74) is 0.440. The maximum Gasteiger partial charge on any atom is 0.236 e. The molecule has 1 aromatic rings. The second kappa shape index (κ2) is 7.42. The monoisotopic (exact) mass is 335 g/mol. The molecule has 3 rings (SSSR count). The molecule has 0 aromatic carbocycles. The highest BCUT2D eigenvalue weighted by Gasteiger charge is 2.41. The van der Waals surface area contributed by atoms with Gasteiger partial charge in [-0.25, -0.2) is 9.97 Å². The Morgan fingerprint density at radius 1 is 1.25 bits per heavy atom. The molecule has 2 aliphatic heterocycles. The van der Waals surface area contributed by atoms with Gasteiger partial charge in [-0.1, -0.05) is 0 Å². The van der Waals surface area contributed by atoms with Crippen LogP contribution in [0.25, 0.3) is 0 Å². The van der Waals surface area contributed by atoms with Crippen LogP contribution in [0.1, 0.15) is 0 Å². The van der Waals surface area contributed by atoms with Gasteiger partial charge in [0, 0.05) is 13.1 Å². The second-order valence-electron chi connectivity index (χ2n) is 6.66. The van der Waals surface area contributed by atoms with E-state index in [2.05, 4.69) is 14.9 Å². The van der Waals surface area contributed by atoms with Crippen LogP contribution in [-0.4, -0.2) is 97.9 Å². The van der Waals surface area contributed by atoms with Crippen LogP contribution in [0.5, 0.6) is 0 Å². The number of rotatable bonds is 3. The minimum Gasteiger partial charge on any atom is -0.376 e. The molecule has 1 unspecified atom stereocenters. The lowest BCUT2D eigenvalue weighted by Crippen LogP contribution is -2.60. The first-order chi connectivity index (χ1) is 11.6. The van der Waals surface area contributed by atoms with E-state index in [9.17, 15) is 4.79 Å². The molecule has 132 valence electrons. The lowest BCUT2D eigenvalue weighted by Gasteiger charge is -2.43. The summed E-state index contributed by atoms with van der Waals surface area (Å²) in [7, 11) is 3.81. The third-order valence-electron chi connectivity index (χ3n) is 4.31. The molecule has 1 aromatic heterocycles. The van der Waals surface area contributed by atoms with Gasteiger partial charge in [0.05, 0.1) is 57.5 Å². The molecule has 8 heteroatoms. The SMILES string of the molecule is CN(C)CC(=O)N1CCOC2(COCCN(c3cncnc3)C2)C1. The average molecular weight is 335 g/mol. The zero-order chi connectivity index (χ0) is 17.0. The number of nitrogens with zero attached hydrogens (tertiary/aromatic N) is 5. The van der Waals surface area contributed by atoms with Crippen molar-refractivity contribution < 1.29 is 14.3 Å². The highest BCUT2D eigenvalue weighted by Crippen LogP contribution is 2.25. The molecule has 2 saturated heterocycles. The maximum atomic E-state index is 12.4. The van der Waals surface area contributed by atoms with Crippen molar-refractivity contribution in [3.63, 3.8) is 0 Å². The summed E-state index contributed by atoms with van der Waals surface area (Å²) in [6.45, 7) is 4.63. The van der Waals surface area contributed by atoms with Gasteiger partial charge < -0.3 is 24.2 Å². The van der Waals surface area contributed by atoms with Gasteiger partial charge in [-0.05, 0) is 14.1 Å². The third-order valence-corrected chi connectivity index (χ3v) is 4.31. The van der Waals surface area contributed by atoms with Crippen molar-refractivity contribution in [3.8, 4) is 0 Å². The van der Waals surface area contributed by atoms with E-state index >= 15 is 0 Å². The molecule has 8 nitrogen and oxygen atoms in total. The number of hydrogen-bond acceptors (Lipinski definition) is 7. The largest absolute Gasteiger partial charge is 0.376 e. The second-order valence-corrected chi connectivity index (χ2v) is 6.66. The summed E-state index contributed by atoms with van der Waals surface area (Å²) in [5.74, 6) is 0.126. The third kappa shape index (κ3) is 4.00. The van der Waals surface area contributed by atoms with Gasteiger partial charge in [0.15, 0.2) is 0 Å². The zero-order valence-corrected chi connectivity index (χ0v) is 14.3. The summed E-state index contributed by atoms with van der Waals surface area (Å²) < 4.78 is 11.9. The molecular formula is C16H25N5O3. The molecule has 0 radical (unpaired) electrons. The molecule has 1 spiro atoms. The predicted octanol–water partition coefficient (Wildman–Crippen LogP) is -0.528. The lowest BCUT2D eigenvalue weighted by atomic mass is 10.0. The number of morpholine rings is 1. The van der Waals surface area contributed by atoms with Crippen LogP contribution in [0.3, 0.4) is 0 Å². The summed E-state index contributed by atoms with van der Waals surface area (Å²) in [4.78, 5) is 26.6. The molecule has 3 heterocycles. The number of ether oxygens (including phenoxy) is 2.